The largest absolute Gasteiger partial charge is 0.468 e. The van der Waals surface area contributed by atoms with Gasteiger partial charge in [0.1, 0.15) is 5.54 Å². The molecule has 1 aliphatic rings. The Bertz CT molecular complexity index is 322. The Labute approximate surface area is 75.3 Å². The Morgan fingerprint density at radius 1 is 1.92 bits per heavy atom. The van der Waals surface area contributed by atoms with Gasteiger partial charge in [0, 0.05) is 17.8 Å². The summed E-state index contributed by atoms with van der Waals surface area (Å²) in [6.07, 6.45) is 3.88. The number of nitrogens with one attached hydrogen (secondary N) is 1. The molecule has 0 unspecified atom stereocenters. The number of methoxy groups -OCH3 is 1. The van der Waals surface area contributed by atoms with Gasteiger partial charge in [-0.05, 0) is 6.42 Å². The summed E-state index contributed by atoms with van der Waals surface area (Å²) in [4.78, 5) is 18.0. The van der Waals surface area contributed by atoms with E-state index < -0.39 is 5.54 Å². The average Bonchev–Trinajstić information content (AvgIpc) is 2.65. The molecule has 13 heavy (non-hydrogen) atoms. The summed E-state index contributed by atoms with van der Waals surface area (Å²) in [5.41, 5.74) is 5.88. The zero-order valence-electron chi connectivity index (χ0n) is 7.28. The number of aromatic nitrogens is 2. The van der Waals surface area contributed by atoms with E-state index >= 15 is 0 Å². The van der Waals surface area contributed by atoms with Gasteiger partial charge in [0.2, 0.25) is 0 Å². The molecule has 0 saturated heterocycles. The highest BCUT2D eigenvalue weighted by Gasteiger charge is 2.59. The van der Waals surface area contributed by atoms with Crippen molar-refractivity contribution in [3.05, 3.63) is 18.2 Å². The van der Waals surface area contributed by atoms with Crippen molar-refractivity contribution in [1.82, 2.24) is 9.97 Å². The van der Waals surface area contributed by atoms with E-state index in [1.165, 1.54) is 7.11 Å². The predicted octanol–water partition coefficient (Wildman–Crippen LogP) is -0.233. The molecule has 0 radical (unpaired) electrons. The van der Waals surface area contributed by atoms with Gasteiger partial charge in [-0.2, -0.15) is 0 Å². The highest BCUT2D eigenvalue weighted by atomic mass is 16.5. The topological polar surface area (TPSA) is 81.0 Å². The maximum atomic E-state index is 11.2. The SMILES string of the molecule is COC(=O)[C@@]1(N)C[C@@H]1c1cnc[nH]1. The number of nitrogens with two attached hydrogens (primary N) is 1. The number of nitrogens with zero attached hydrogens (tertiary/aromatic N) is 1. The van der Waals surface area contributed by atoms with E-state index in [0.29, 0.717) is 6.42 Å². The number of carbonyl (C=O) groups excluding carboxylic acids is 1. The summed E-state index contributed by atoms with van der Waals surface area (Å²) in [6, 6.07) is 0. The molecule has 1 aromatic heterocycles. The fourth-order valence-electron chi connectivity index (χ4n) is 1.54. The fourth-order valence-corrected chi connectivity index (χ4v) is 1.54. The lowest BCUT2D eigenvalue weighted by Gasteiger charge is -2.06. The molecule has 1 aliphatic carbocycles. The molecule has 2 atom stereocenters. The molecule has 70 valence electrons. The zero-order valence-corrected chi connectivity index (χ0v) is 7.28. The van der Waals surface area contributed by atoms with Gasteiger partial charge in [0.05, 0.1) is 13.4 Å². The summed E-state index contributed by atoms with van der Waals surface area (Å²) in [5.74, 6) is -0.324. The van der Waals surface area contributed by atoms with E-state index in [-0.39, 0.29) is 11.9 Å². The standard InChI is InChI=1S/C8H11N3O2/c1-13-7(12)8(9)2-5(8)6-3-10-4-11-6/h3-5H,2,9H2,1H3,(H,10,11)/t5-,8-/m1/s1. The number of rotatable bonds is 2. The minimum Gasteiger partial charge on any atom is -0.468 e. The number of imidazole rings is 1. The number of hydrogen-bond donors (Lipinski definition) is 2. The number of hydrogen-bond acceptors (Lipinski definition) is 4. The molecule has 1 fully saturated rings. The third kappa shape index (κ3) is 1.12. The van der Waals surface area contributed by atoms with E-state index in [2.05, 4.69) is 14.7 Å². The Kier molecular flexibility index (Phi) is 1.63. The summed E-state index contributed by atoms with van der Waals surface area (Å²) in [6.45, 7) is 0. The minimum atomic E-state index is -0.832. The van der Waals surface area contributed by atoms with Gasteiger partial charge in [-0.15, -0.1) is 0 Å². The van der Waals surface area contributed by atoms with Gasteiger partial charge >= 0.3 is 5.97 Å². The first kappa shape index (κ1) is 8.25. The van der Waals surface area contributed by atoms with Crippen molar-refractivity contribution < 1.29 is 9.53 Å². The van der Waals surface area contributed by atoms with Gasteiger partial charge in [-0.3, -0.25) is 4.79 Å². The van der Waals surface area contributed by atoms with Crippen molar-refractivity contribution in [2.45, 2.75) is 17.9 Å². The molecule has 1 heterocycles. The molecule has 5 nitrogen and oxygen atoms in total. The van der Waals surface area contributed by atoms with E-state index in [9.17, 15) is 4.79 Å². The van der Waals surface area contributed by atoms with Crippen molar-refractivity contribution in [3.8, 4) is 0 Å². The number of ether oxygens (including phenoxy) is 1. The van der Waals surface area contributed by atoms with Crippen LogP contribution in [0.4, 0.5) is 0 Å². The van der Waals surface area contributed by atoms with Crippen LogP contribution in [0.3, 0.4) is 0 Å². The van der Waals surface area contributed by atoms with E-state index in [0.717, 1.165) is 5.69 Å². The van der Waals surface area contributed by atoms with Crippen LogP contribution in [0, 0.1) is 0 Å². The van der Waals surface area contributed by atoms with Crippen molar-refractivity contribution in [2.75, 3.05) is 7.11 Å². The lowest BCUT2D eigenvalue weighted by Crippen LogP contribution is -2.35. The van der Waals surface area contributed by atoms with Gasteiger partial charge in [-0.1, -0.05) is 0 Å². The molecule has 5 heteroatoms. The van der Waals surface area contributed by atoms with Gasteiger partial charge in [0.25, 0.3) is 0 Å². The second kappa shape index (κ2) is 2.56. The third-order valence-corrected chi connectivity index (χ3v) is 2.46. The second-order valence-electron chi connectivity index (χ2n) is 3.30. The molecule has 0 aliphatic heterocycles. The number of aromatic amines is 1. The number of esters is 1. The van der Waals surface area contributed by atoms with Gasteiger partial charge in [-0.25, -0.2) is 4.98 Å². The van der Waals surface area contributed by atoms with Crippen LogP contribution in [0.15, 0.2) is 12.5 Å². The highest BCUT2D eigenvalue weighted by molar-refractivity contribution is 5.86. The molecule has 2 rings (SSSR count). The van der Waals surface area contributed by atoms with Crippen molar-refractivity contribution >= 4 is 5.97 Å². The first-order chi connectivity index (χ1) is 6.18. The third-order valence-electron chi connectivity index (χ3n) is 2.46. The lowest BCUT2D eigenvalue weighted by atomic mass is 10.2. The van der Waals surface area contributed by atoms with Crippen molar-refractivity contribution in [3.63, 3.8) is 0 Å². The average molecular weight is 181 g/mol. The fraction of sp³-hybridized carbons (Fsp3) is 0.500. The first-order valence-corrected chi connectivity index (χ1v) is 4.04. The van der Waals surface area contributed by atoms with E-state index in [1.54, 1.807) is 12.5 Å². The molecular weight excluding hydrogens is 170 g/mol. The summed E-state index contributed by atoms with van der Waals surface area (Å²) in [7, 11) is 1.35. The van der Waals surface area contributed by atoms with E-state index in [4.69, 9.17) is 5.73 Å². The van der Waals surface area contributed by atoms with Crippen molar-refractivity contribution in [2.24, 2.45) is 5.73 Å². The predicted molar refractivity (Wildman–Crippen MR) is 44.9 cm³/mol. The van der Waals surface area contributed by atoms with Gasteiger partial charge in [0.15, 0.2) is 0 Å². The maximum Gasteiger partial charge on any atom is 0.326 e. The van der Waals surface area contributed by atoms with Crippen LogP contribution in [-0.2, 0) is 9.53 Å². The quantitative estimate of drug-likeness (QED) is 0.617. The second-order valence-corrected chi connectivity index (χ2v) is 3.30. The maximum absolute atomic E-state index is 11.2. The molecule has 0 aromatic carbocycles. The van der Waals surface area contributed by atoms with Crippen LogP contribution in [0.2, 0.25) is 0 Å². The Balaban J connectivity index is 2.14. The molecule has 1 aromatic rings. The van der Waals surface area contributed by atoms with Crippen LogP contribution in [0.25, 0.3) is 0 Å². The van der Waals surface area contributed by atoms with Crippen molar-refractivity contribution in [1.29, 1.82) is 0 Å². The monoisotopic (exact) mass is 181 g/mol. The van der Waals surface area contributed by atoms with Crippen LogP contribution >= 0.6 is 0 Å². The first-order valence-electron chi connectivity index (χ1n) is 4.04. The zero-order chi connectivity index (χ0) is 9.47. The Morgan fingerprint density at radius 2 is 2.69 bits per heavy atom. The molecule has 0 spiro atoms. The van der Waals surface area contributed by atoms with E-state index in [1.807, 2.05) is 0 Å². The van der Waals surface area contributed by atoms with Gasteiger partial charge < -0.3 is 15.5 Å². The van der Waals surface area contributed by atoms with Crippen LogP contribution in [0.1, 0.15) is 18.0 Å². The van der Waals surface area contributed by atoms with Crippen LogP contribution < -0.4 is 5.73 Å². The molecule has 1 saturated carbocycles. The molecular formula is C8H11N3O2. The highest BCUT2D eigenvalue weighted by Crippen LogP contribution is 2.49. The molecule has 0 bridgehead atoms. The molecule has 0 amide bonds. The Morgan fingerprint density at radius 3 is 3.23 bits per heavy atom. The summed E-state index contributed by atoms with van der Waals surface area (Å²) < 4.78 is 4.61. The molecule has 3 N–H and O–H groups in total. The number of carbonyl (C=O) groups is 1. The smallest absolute Gasteiger partial charge is 0.326 e. The van der Waals surface area contributed by atoms with Crippen LogP contribution in [-0.4, -0.2) is 28.6 Å². The lowest BCUT2D eigenvalue weighted by molar-refractivity contribution is -0.143. The Hall–Kier alpha value is -1.36. The normalized spacial score (nSPS) is 31.4. The minimum absolute atomic E-state index is 0.0300. The van der Waals surface area contributed by atoms with Crippen LogP contribution in [0.5, 0.6) is 0 Å². The summed E-state index contributed by atoms with van der Waals surface area (Å²) >= 11 is 0. The summed E-state index contributed by atoms with van der Waals surface area (Å²) in [5, 5.41) is 0. The number of H-pyrrole nitrogens is 1.